The van der Waals surface area contributed by atoms with E-state index in [2.05, 4.69) is 0 Å². The molecule has 62 valence electrons. The Morgan fingerprint density at radius 3 is 3.00 bits per heavy atom. The van der Waals surface area contributed by atoms with E-state index in [1.165, 1.54) is 4.70 Å². The van der Waals surface area contributed by atoms with E-state index in [0.717, 1.165) is 10.3 Å². The van der Waals surface area contributed by atoms with Crippen LogP contribution in [0.4, 0.5) is 0 Å². The average molecular weight is 196 g/mol. The van der Waals surface area contributed by atoms with Crippen molar-refractivity contribution in [2.75, 3.05) is 6.26 Å². The lowest BCUT2D eigenvalue weighted by molar-refractivity contribution is 0.463. The Bertz CT molecular complexity index is 406. The standard InChI is InChI=1S/C9H8OS2/c1-11-9-5-8-6(2-3-12-8)4-7(9)10/h2-5,10H,1H3. The van der Waals surface area contributed by atoms with Gasteiger partial charge in [0.05, 0.1) is 4.90 Å². The van der Waals surface area contributed by atoms with Crippen molar-refractivity contribution < 1.29 is 5.11 Å². The van der Waals surface area contributed by atoms with Crippen LogP contribution in [0.2, 0.25) is 0 Å². The van der Waals surface area contributed by atoms with Crippen LogP contribution in [0.5, 0.6) is 5.75 Å². The third-order valence-corrected chi connectivity index (χ3v) is 3.40. The summed E-state index contributed by atoms with van der Waals surface area (Å²) in [7, 11) is 0. The van der Waals surface area contributed by atoms with Crippen LogP contribution in [-0.4, -0.2) is 11.4 Å². The van der Waals surface area contributed by atoms with Crippen molar-refractivity contribution in [3.63, 3.8) is 0 Å². The molecule has 0 saturated carbocycles. The minimum absolute atomic E-state index is 0.383. The molecule has 0 aliphatic heterocycles. The molecule has 3 heteroatoms. The number of thiophene rings is 1. The zero-order valence-electron chi connectivity index (χ0n) is 6.57. The zero-order valence-corrected chi connectivity index (χ0v) is 8.21. The van der Waals surface area contributed by atoms with Crippen LogP contribution < -0.4 is 0 Å². The number of aromatic hydroxyl groups is 1. The number of phenolic OH excluding ortho intramolecular Hbond substituents is 1. The van der Waals surface area contributed by atoms with Gasteiger partial charge in [0.1, 0.15) is 5.75 Å². The van der Waals surface area contributed by atoms with E-state index in [1.54, 1.807) is 23.1 Å². The van der Waals surface area contributed by atoms with Crippen LogP contribution in [-0.2, 0) is 0 Å². The van der Waals surface area contributed by atoms with Gasteiger partial charge in [0.2, 0.25) is 0 Å². The number of hydrogen-bond donors (Lipinski definition) is 1. The molecule has 1 aromatic heterocycles. The normalized spacial score (nSPS) is 10.8. The summed E-state index contributed by atoms with van der Waals surface area (Å²) in [5.74, 6) is 0.383. The maximum absolute atomic E-state index is 9.51. The zero-order chi connectivity index (χ0) is 8.55. The molecule has 1 N–H and O–H groups in total. The van der Waals surface area contributed by atoms with Gasteiger partial charge in [-0.25, -0.2) is 0 Å². The molecule has 2 aromatic rings. The van der Waals surface area contributed by atoms with Gasteiger partial charge in [-0.15, -0.1) is 23.1 Å². The number of benzene rings is 1. The van der Waals surface area contributed by atoms with E-state index in [-0.39, 0.29) is 0 Å². The van der Waals surface area contributed by atoms with E-state index >= 15 is 0 Å². The van der Waals surface area contributed by atoms with Gasteiger partial charge in [-0.2, -0.15) is 0 Å². The van der Waals surface area contributed by atoms with Crippen molar-refractivity contribution in [1.82, 2.24) is 0 Å². The molecule has 0 fully saturated rings. The molecule has 1 nitrogen and oxygen atoms in total. The van der Waals surface area contributed by atoms with Gasteiger partial charge in [-0.05, 0) is 35.2 Å². The molecular weight excluding hydrogens is 188 g/mol. The minimum atomic E-state index is 0.383. The average Bonchev–Trinajstić information content (AvgIpc) is 2.49. The van der Waals surface area contributed by atoms with Crippen LogP contribution in [0.15, 0.2) is 28.5 Å². The lowest BCUT2D eigenvalue weighted by atomic mass is 10.2. The molecular formula is C9H8OS2. The maximum atomic E-state index is 9.51. The largest absolute Gasteiger partial charge is 0.507 e. The molecule has 1 heterocycles. The molecule has 0 unspecified atom stereocenters. The van der Waals surface area contributed by atoms with Crippen molar-refractivity contribution in [2.24, 2.45) is 0 Å². The van der Waals surface area contributed by atoms with Crippen LogP contribution in [0.25, 0.3) is 10.1 Å². The summed E-state index contributed by atoms with van der Waals surface area (Å²) in [4.78, 5) is 0.949. The Kier molecular flexibility index (Phi) is 1.98. The van der Waals surface area contributed by atoms with Crippen molar-refractivity contribution in [1.29, 1.82) is 0 Å². The fourth-order valence-corrected chi connectivity index (χ4v) is 2.53. The fourth-order valence-electron chi connectivity index (χ4n) is 1.14. The maximum Gasteiger partial charge on any atom is 0.129 e. The van der Waals surface area contributed by atoms with E-state index in [0.29, 0.717) is 5.75 Å². The summed E-state index contributed by atoms with van der Waals surface area (Å²) in [5.41, 5.74) is 0. The molecule has 1 aromatic carbocycles. The highest BCUT2D eigenvalue weighted by molar-refractivity contribution is 7.98. The Morgan fingerprint density at radius 1 is 1.42 bits per heavy atom. The summed E-state index contributed by atoms with van der Waals surface area (Å²) in [6.07, 6.45) is 1.97. The van der Waals surface area contributed by atoms with Crippen LogP contribution in [0.3, 0.4) is 0 Å². The van der Waals surface area contributed by atoms with Crippen molar-refractivity contribution in [3.8, 4) is 5.75 Å². The van der Waals surface area contributed by atoms with Crippen LogP contribution in [0.1, 0.15) is 0 Å². The summed E-state index contributed by atoms with van der Waals surface area (Å²) >= 11 is 3.27. The highest BCUT2D eigenvalue weighted by atomic mass is 32.2. The van der Waals surface area contributed by atoms with E-state index < -0.39 is 0 Å². The van der Waals surface area contributed by atoms with Gasteiger partial charge in [0, 0.05) is 4.70 Å². The van der Waals surface area contributed by atoms with E-state index in [1.807, 2.05) is 29.8 Å². The topological polar surface area (TPSA) is 20.2 Å². The second kappa shape index (κ2) is 2.99. The van der Waals surface area contributed by atoms with Gasteiger partial charge >= 0.3 is 0 Å². The van der Waals surface area contributed by atoms with Gasteiger partial charge in [-0.3, -0.25) is 0 Å². The molecule has 12 heavy (non-hydrogen) atoms. The van der Waals surface area contributed by atoms with Gasteiger partial charge in [0.25, 0.3) is 0 Å². The molecule has 2 rings (SSSR count). The molecule has 0 spiro atoms. The predicted molar refractivity (Wildman–Crippen MR) is 55.3 cm³/mol. The van der Waals surface area contributed by atoms with Crippen molar-refractivity contribution in [2.45, 2.75) is 4.90 Å². The molecule has 0 bridgehead atoms. The molecule has 0 aliphatic carbocycles. The minimum Gasteiger partial charge on any atom is -0.507 e. The molecule has 0 amide bonds. The molecule has 0 saturated heterocycles. The fraction of sp³-hybridized carbons (Fsp3) is 0.111. The molecule has 0 aliphatic rings. The van der Waals surface area contributed by atoms with Crippen LogP contribution in [0, 0.1) is 0 Å². The SMILES string of the molecule is CSc1cc2sccc2cc1O. The highest BCUT2D eigenvalue weighted by Crippen LogP contribution is 2.33. The smallest absolute Gasteiger partial charge is 0.129 e. The molecule has 0 radical (unpaired) electrons. The first-order chi connectivity index (χ1) is 5.81. The van der Waals surface area contributed by atoms with Gasteiger partial charge in [0.15, 0.2) is 0 Å². The van der Waals surface area contributed by atoms with Crippen molar-refractivity contribution >= 4 is 33.2 Å². The summed E-state index contributed by atoms with van der Waals surface area (Å²) in [5, 5.41) is 12.7. The van der Waals surface area contributed by atoms with Crippen LogP contribution >= 0.6 is 23.1 Å². The van der Waals surface area contributed by atoms with Gasteiger partial charge in [-0.1, -0.05) is 0 Å². The first-order valence-corrected chi connectivity index (χ1v) is 5.66. The summed E-state index contributed by atoms with van der Waals surface area (Å²) in [6.45, 7) is 0. The Labute approximate surface area is 79.0 Å². The Hall–Kier alpha value is -0.670. The second-order valence-corrected chi connectivity index (χ2v) is 4.28. The van der Waals surface area contributed by atoms with E-state index in [9.17, 15) is 5.11 Å². The molecule has 0 atom stereocenters. The quantitative estimate of drug-likeness (QED) is 0.706. The summed E-state index contributed by atoms with van der Waals surface area (Å²) in [6, 6.07) is 5.86. The first-order valence-electron chi connectivity index (χ1n) is 3.55. The Balaban J connectivity index is 2.73. The predicted octanol–water partition coefficient (Wildman–Crippen LogP) is 3.33. The number of hydrogen-bond acceptors (Lipinski definition) is 3. The van der Waals surface area contributed by atoms with E-state index in [4.69, 9.17) is 0 Å². The second-order valence-electron chi connectivity index (χ2n) is 2.48. The Morgan fingerprint density at radius 2 is 2.25 bits per heavy atom. The third-order valence-electron chi connectivity index (χ3n) is 1.75. The first kappa shape index (κ1) is 7.95. The van der Waals surface area contributed by atoms with Gasteiger partial charge < -0.3 is 5.11 Å². The summed E-state index contributed by atoms with van der Waals surface area (Å²) < 4.78 is 1.23. The number of thioether (sulfide) groups is 1. The van der Waals surface area contributed by atoms with Crippen molar-refractivity contribution in [3.05, 3.63) is 23.6 Å². The third kappa shape index (κ3) is 1.19. The highest BCUT2D eigenvalue weighted by Gasteiger charge is 2.02. The number of fused-ring (bicyclic) bond motifs is 1. The number of phenols is 1. The lowest BCUT2D eigenvalue weighted by Gasteiger charge is -1.99. The lowest BCUT2D eigenvalue weighted by Crippen LogP contribution is -1.71. The number of rotatable bonds is 1. The monoisotopic (exact) mass is 196 g/mol.